The van der Waals surface area contributed by atoms with Gasteiger partial charge in [0.2, 0.25) is 0 Å². The number of nitrogens with zero attached hydrogens (tertiary/aromatic N) is 2. The number of hydrogen-bond acceptors (Lipinski definition) is 5. The predicted molar refractivity (Wildman–Crippen MR) is 122 cm³/mol. The average Bonchev–Trinajstić information content (AvgIpc) is 3.25. The number of rotatable bonds is 7. The second kappa shape index (κ2) is 9.20. The Kier molecular flexibility index (Phi) is 6.21. The molecular formula is C25H24N2O2S. The maximum Gasteiger partial charge on any atom is 0.133 e. The number of aliphatic hydroxyl groups excluding tert-OH is 1. The second-order valence-electron chi connectivity index (χ2n) is 7.05. The average molecular weight is 417 g/mol. The van der Waals surface area contributed by atoms with Crippen molar-refractivity contribution in [2.45, 2.75) is 26.4 Å². The van der Waals surface area contributed by atoms with Crippen LogP contribution in [0, 0.1) is 0 Å². The van der Waals surface area contributed by atoms with Crippen molar-refractivity contribution >= 4 is 11.3 Å². The quantitative estimate of drug-likeness (QED) is 0.407. The van der Waals surface area contributed by atoms with Crippen molar-refractivity contribution in [3.05, 3.63) is 89.9 Å². The molecule has 1 unspecified atom stereocenters. The molecule has 152 valence electrons. The SMILES string of the molecule is CCOc1ccccc1-c1ccc(-c2ccnc(Cc3cccc(C(C)O)c3)n2)s1. The summed E-state index contributed by atoms with van der Waals surface area (Å²) in [4.78, 5) is 11.5. The van der Waals surface area contributed by atoms with E-state index in [0.29, 0.717) is 13.0 Å². The lowest BCUT2D eigenvalue weighted by atomic mass is 10.0. The van der Waals surface area contributed by atoms with E-state index in [-0.39, 0.29) is 0 Å². The largest absolute Gasteiger partial charge is 0.493 e. The first-order valence-corrected chi connectivity index (χ1v) is 10.9. The van der Waals surface area contributed by atoms with Crippen LogP contribution in [-0.2, 0) is 6.42 Å². The van der Waals surface area contributed by atoms with E-state index in [0.717, 1.165) is 43.7 Å². The molecule has 5 heteroatoms. The molecule has 2 heterocycles. The summed E-state index contributed by atoms with van der Waals surface area (Å²) in [6, 6.07) is 22.2. The number of aliphatic hydroxyl groups is 1. The number of hydrogen-bond donors (Lipinski definition) is 1. The fourth-order valence-electron chi connectivity index (χ4n) is 3.34. The van der Waals surface area contributed by atoms with Gasteiger partial charge in [0, 0.05) is 23.1 Å². The number of para-hydroxylation sites is 1. The predicted octanol–water partition coefficient (Wildman–Crippen LogP) is 5.91. The standard InChI is InChI=1S/C25H24N2O2S/c1-3-29-22-10-5-4-9-20(22)23-11-12-24(30-23)21-13-14-26-25(27-21)16-18-7-6-8-19(15-18)17(2)28/h4-15,17,28H,3,16H2,1-2H3. The Morgan fingerprint density at radius 3 is 2.67 bits per heavy atom. The molecule has 4 aromatic rings. The molecule has 1 atom stereocenters. The van der Waals surface area contributed by atoms with Gasteiger partial charge < -0.3 is 9.84 Å². The Morgan fingerprint density at radius 1 is 1.00 bits per heavy atom. The first-order chi connectivity index (χ1) is 14.6. The molecule has 4 rings (SSSR count). The van der Waals surface area contributed by atoms with E-state index in [9.17, 15) is 5.11 Å². The van der Waals surface area contributed by atoms with E-state index >= 15 is 0 Å². The molecule has 30 heavy (non-hydrogen) atoms. The number of benzene rings is 2. The Balaban J connectivity index is 1.59. The molecule has 0 bridgehead atoms. The van der Waals surface area contributed by atoms with Crippen molar-refractivity contribution in [3.8, 4) is 26.8 Å². The van der Waals surface area contributed by atoms with Crippen LogP contribution in [0.15, 0.2) is 72.9 Å². The normalized spacial score (nSPS) is 12.0. The van der Waals surface area contributed by atoms with Crippen LogP contribution in [0.1, 0.15) is 36.9 Å². The van der Waals surface area contributed by atoms with Crippen LogP contribution in [0.4, 0.5) is 0 Å². The molecular weight excluding hydrogens is 392 g/mol. The van der Waals surface area contributed by atoms with Gasteiger partial charge in [0.05, 0.1) is 23.3 Å². The maximum atomic E-state index is 9.82. The summed E-state index contributed by atoms with van der Waals surface area (Å²) in [7, 11) is 0. The first-order valence-electron chi connectivity index (χ1n) is 10.0. The Bertz CT molecular complexity index is 1140. The second-order valence-corrected chi connectivity index (χ2v) is 8.13. The van der Waals surface area contributed by atoms with Crippen LogP contribution in [0.5, 0.6) is 5.75 Å². The van der Waals surface area contributed by atoms with E-state index < -0.39 is 6.10 Å². The van der Waals surface area contributed by atoms with Gasteiger partial charge in [-0.05, 0) is 55.3 Å². The van der Waals surface area contributed by atoms with E-state index in [1.807, 2.05) is 61.7 Å². The van der Waals surface area contributed by atoms with Gasteiger partial charge in [-0.25, -0.2) is 9.97 Å². The fraction of sp³-hybridized carbons (Fsp3) is 0.200. The molecule has 0 spiro atoms. The summed E-state index contributed by atoms with van der Waals surface area (Å²) in [5.74, 6) is 1.66. The van der Waals surface area contributed by atoms with Gasteiger partial charge >= 0.3 is 0 Å². The van der Waals surface area contributed by atoms with Crippen molar-refractivity contribution < 1.29 is 9.84 Å². The molecule has 2 aromatic heterocycles. The highest BCUT2D eigenvalue weighted by molar-refractivity contribution is 7.18. The molecule has 4 nitrogen and oxygen atoms in total. The lowest BCUT2D eigenvalue weighted by molar-refractivity contribution is 0.199. The minimum absolute atomic E-state index is 0.485. The molecule has 0 saturated carbocycles. The van der Waals surface area contributed by atoms with Gasteiger partial charge in [-0.15, -0.1) is 11.3 Å². The van der Waals surface area contributed by atoms with Gasteiger partial charge in [0.1, 0.15) is 11.6 Å². The molecule has 0 amide bonds. The molecule has 0 aliphatic heterocycles. The lowest BCUT2D eigenvalue weighted by Crippen LogP contribution is -1.99. The number of thiophene rings is 1. The minimum Gasteiger partial charge on any atom is -0.493 e. The molecule has 0 fully saturated rings. The summed E-state index contributed by atoms with van der Waals surface area (Å²) in [6.07, 6.45) is 1.95. The summed E-state index contributed by atoms with van der Waals surface area (Å²) < 4.78 is 5.78. The van der Waals surface area contributed by atoms with Gasteiger partial charge in [0.15, 0.2) is 0 Å². The third-order valence-corrected chi connectivity index (χ3v) is 5.95. The highest BCUT2D eigenvalue weighted by atomic mass is 32.1. The molecule has 0 radical (unpaired) electrons. The third kappa shape index (κ3) is 4.58. The van der Waals surface area contributed by atoms with E-state index in [2.05, 4.69) is 23.2 Å². The smallest absolute Gasteiger partial charge is 0.133 e. The molecule has 0 saturated heterocycles. The monoisotopic (exact) mass is 416 g/mol. The third-order valence-electron chi connectivity index (χ3n) is 4.81. The summed E-state index contributed by atoms with van der Waals surface area (Å²) >= 11 is 1.70. The number of aromatic nitrogens is 2. The van der Waals surface area contributed by atoms with Crippen LogP contribution in [0.25, 0.3) is 21.0 Å². The van der Waals surface area contributed by atoms with Crippen LogP contribution in [0.2, 0.25) is 0 Å². The molecule has 1 N–H and O–H groups in total. The summed E-state index contributed by atoms with van der Waals surface area (Å²) in [5.41, 5.74) is 4.00. The van der Waals surface area contributed by atoms with Crippen molar-refractivity contribution in [2.75, 3.05) is 6.61 Å². The van der Waals surface area contributed by atoms with Crippen molar-refractivity contribution in [2.24, 2.45) is 0 Å². The van der Waals surface area contributed by atoms with Crippen LogP contribution >= 0.6 is 11.3 Å². The van der Waals surface area contributed by atoms with Gasteiger partial charge in [0.25, 0.3) is 0 Å². The topological polar surface area (TPSA) is 55.2 Å². The minimum atomic E-state index is -0.485. The van der Waals surface area contributed by atoms with Gasteiger partial charge in [-0.2, -0.15) is 0 Å². The van der Waals surface area contributed by atoms with Crippen LogP contribution < -0.4 is 4.74 Å². The fourth-order valence-corrected chi connectivity index (χ4v) is 4.34. The van der Waals surface area contributed by atoms with Gasteiger partial charge in [-0.3, -0.25) is 0 Å². The summed E-state index contributed by atoms with van der Waals surface area (Å²) in [6.45, 7) is 4.41. The first kappa shape index (κ1) is 20.3. The maximum absolute atomic E-state index is 9.82. The van der Waals surface area contributed by atoms with E-state index in [1.165, 1.54) is 0 Å². The van der Waals surface area contributed by atoms with E-state index in [1.54, 1.807) is 18.3 Å². The highest BCUT2D eigenvalue weighted by Gasteiger charge is 2.11. The van der Waals surface area contributed by atoms with E-state index in [4.69, 9.17) is 9.72 Å². The highest BCUT2D eigenvalue weighted by Crippen LogP contribution is 2.38. The van der Waals surface area contributed by atoms with Gasteiger partial charge in [-0.1, -0.05) is 36.4 Å². The zero-order valence-electron chi connectivity index (χ0n) is 17.1. The van der Waals surface area contributed by atoms with Crippen LogP contribution in [0.3, 0.4) is 0 Å². The zero-order valence-corrected chi connectivity index (χ0v) is 17.9. The number of ether oxygens (including phenoxy) is 1. The summed E-state index contributed by atoms with van der Waals surface area (Å²) in [5, 5.41) is 9.82. The van der Waals surface area contributed by atoms with Crippen molar-refractivity contribution in [1.29, 1.82) is 0 Å². The molecule has 0 aliphatic rings. The zero-order chi connectivity index (χ0) is 20.9. The Labute approximate surface area is 180 Å². The van der Waals surface area contributed by atoms with Crippen molar-refractivity contribution in [3.63, 3.8) is 0 Å². The Morgan fingerprint density at radius 2 is 1.83 bits per heavy atom. The van der Waals surface area contributed by atoms with Crippen LogP contribution in [-0.4, -0.2) is 21.7 Å². The molecule has 0 aliphatic carbocycles. The van der Waals surface area contributed by atoms with Crippen molar-refractivity contribution in [1.82, 2.24) is 9.97 Å². The lowest BCUT2D eigenvalue weighted by Gasteiger charge is -2.08. The molecule has 2 aromatic carbocycles. The Hall–Kier alpha value is -3.02.